The Morgan fingerprint density at radius 3 is 2.71 bits per heavy atom. The van der Waals surface area contributed by atoms with E-state index in [0.717, 1.165) is 17.3 Å². The van der Waals surface area contributed by atoms with E-state index in [4.69, 9.17) is 0 Å². The van der Waals surface area contributed by atoms with E-state index in [-0.39, 0.29) is 0 Å². The van der Waals surface area contributed by atoms with Gasteiger partial charge in [-0.3, -0.25) is 0 Å². The van der Waals surface area contributed by atoms with Crippen LogP contribution in [0, 0.1) is 19.3 Å². The second-order valence-corrected chi connectivity index (χ2v) is 6.04. The highest BCUT2D eigenvalue weighted by Crippen LogP contribution is 2.36. The van der Waals surface area contributed by atoms with Crippen LogP contribution in [0.2, 0.25) is 0 Å². The van der Waals surface area contributed by atoms with Gasteiger partial charge in [-0.25, -0.2) is 9.97 Å². The van der Waals surface area contributed by atoms with Crippen LogP contribution in [0.5, 0.6) is 0 Å². The minimum atomic E-state index is 0.465. The minimum absolute atomic E-state index is 0.465. The Kier molecular flexibility index (Phi) is 3.36. The molecule has 1 heterocycles. The first-order valence-electron chi connectivity index (χ1n) is 6.53. The van der Waals surface area contributed by atoms with Crippen molar-refractivity contribution in [3.63, 3.8) is 0 Å². The van der Waals surface area contributed by atoms with Crippen molar-refractivity contribution >= 4 is 5.82 Å². The van der Waals surface area contributed by atoms with Gasteiger partial charge in [0.05, 0.1) is 0 Å². The van der Waals surface area contributed by atoms with Crippen molar-refractivity contribution in [3.05, 3.63) is 17.6 Å². The molecule has 1 aliphatic rings. The van der Waals surface area contributed by atoms with E-state index in [9.17, 15) is 0 Å². The minimum Gasteiger partial charge on any atom is -0.367 e. The van der Waals surface area contributed by atoms with E-state index in [2.05, 4.69) is 29.1 Å². The number of hydrogen-bond donors (Lipinski definition) is 1. The second-order valence-electron chi connectivity index (χ2n) is 6.04. The van der Waals surface area contributed by atoms with Crippen molar-refractivity contribution in [1.29, 1.82) is 0 Å². The van der Waals surface area contributed by atoms with Crippen molar-refractivity contribution < 1.29 is 0 Å². The summed E-state index contributed by atoms with van der Waals surface area (Å²) in [5.74, 6) is 1.83. The normalized spacial score (nSPS) is 23.4. The molecule has 17 heavy (non-hydrogen) atoms. The molecule has 1 aliphatic carbocycles. The van der Waals surface area contributed by atoms with E-state index in [0.29, 0.717) is 11.5 Å². The molecule has 1 saturated carbocycles. The lowest BCUT2D eigenvalue weighted by atomic mass is 9.75. The van der Waals surface area contributed by atoms with Gasteiger partial charge in [-0.15, -0.1) is 0 Å². The third kappa shape index (κ3) is 3.42. The summed E-state index contributed by atoms with van der Waals surface area (Å²) in [5, 5.41) is 3.57. The maximum Gasteiger partial charge on any atom is 0.130 e. The summed E-state index contributed by atoms with van der Waals surface area (Å²) in [6, 6.07) is 2.60. The Morgan fingerprint density at radius 1 is 1.29 bits per heavy atom. The molecule has 0 saturated heterocycles. The molecule has 1 aromatic rings. The average Bonchev–Trinajstić information content (AvgIpc) is 2.13. The summed E-state index contributed by atoms with van der Waals surface area (Å²) in [5.41, 5.74) is 1.50. The van der Waals surface area contributed by atoms with Crippen LogP contribution in [0.25, 0.3) is 0 Å². The standard InChI is InChI=1S/C14H23N3/c1-10-8-13(16-11(2)15-10)17-12-6-5-7-14(3,4)9-12/h8,12H,5-7,9H2,1-4H3,(H,15,16,17). The number of nitrogens with one attached hydrogen (secondary N) is 1. The van der Waals surface area contributed by atoms with Crippen molar-refractivity contribution in [3.8, 4) is 0 Å². The Balaban J connectivity index is 2.05. The molecule has 1 unspecified atom stereocenters. The molecular weight excluding hydrogens is 210 g/mol. The zero-order valence-electron chi connectivity index (χ0n) is 11.4. The van der Waals surface area contributed by atoms with Crippen molar-refractivity contribution in [1.82, 2.24) is 9.97 Å². The smallest absolute Gasteiger partial charge is 0.130 e. The average molecular weight is 233 g/mol. The number of anilines is 1. The number of aryl methyl sites for hydroxylation is 2. The van der Waals surface area contributed by atoms with Gasteiger partial charge in [0.25, 0.3) is 0 Å². The quantitative estimate of drug-likeness (QED) is 0.850. The Morgan fingerprint density at radius 2 is 2.06 bits per heavy atom. The molecule has 0 aromatic carbocycles. The van der Waals surface area contributed by atoms with Gasteiger partial charge in [0.1, 0.15) is 11.6 Å². The van der Waals surface area contributed by atoms with Gasteiger partial charge >= 0.3 is 0 Å². The van der Waals surface area contributed by atoms with Crippen LogP contribution in [-0.2, 0) is 0 Å². The SMILES string of the molecule is Cc1cc(NC2CCCC(C)(C)C2)nc(C)n1. The fourth-order valence-corrected chi connectivity index (χ4v) is 2.82. The maximum atomic E-state index is 4.45. The fraction of sp³-hybridized carbons (Fsp3) is 0.714. The number of hydrogen-bond acceptors (Lipinski definition) is 3. The van der Waals surface area contributed by atoms with Crippen LogP contribution in [-0.4, -0.2) is 16.0 Å². The molecule has 1 N–H and O–H groups in total. The van der Waals surface area contributed by atoms with Gasteiger partial charge in [-0.1, -0.05) is 20.3 Å². The van der Waals surface area contributed by atoms with E-state index in [1.54, 1.807) is 0 Å². The highest BCUT2D eigenvalue weighted by Gasteiger charge is 2.27. The van der Waals surface area contributed by atoms with Gasteiger partial charge in [0.2, 0.25) is 0 Å². The van der Waals surface area contributed by atoms with Crippen LogP contribution >= 0.6 is 0 Å². The molecule has 0 aliphatic heterocycles. The first-order chi connectivity index (χ1) is 7.94. The van der Waals surface area contributed by atoms with Crippen LogP contribution in [0.15, 0.2) is 6.07 Å². The van der Waals surface area contributed by atoms with E-state index in [1.807, 2.05) is 19.9 Å². The van der Waals surface area contributed by atoms with E-state index < -0.39 is 0 Å². The largest absolute Gasteiger partial charge is 0.367 e. The molecule has 1 fully saturated rings. The molecular formula is C14H23N3. The summed E-state index contributed by atoms with van der Waals surface area (Å²) in [7, 11) is 0. The van der Waals surface area contributed by atoms with E-state index in [1.165, 1.54) is 25.7 Å². The topological polar surface area (TPSA) is 37.8 Å². The van der Waals surface area contributed by atoms with Crippen molar-refractivity contribution in [2.75, 3.05) is 5.32 Å². The lowest BCUT2D eigenvalue weighted by Gasteiger charge is -2.35. The molecule has 3 nitrogen and oxygen atoms in total. The third-order valence-electron chi connectivity index (χ3n) is 3.52. The molecule has 3 heteroatoms. The van der Waals surface area contributed by atoms with Crippen LogP contribution in [0.3, 0.4) is 0 Å². The summed E-state index contributed by atoms with van der Waals surface area (Å²) in [6.07, 6.45) is 5.14. The maximum absolute atomic E-state index is 4.45. The molecule has 0 amide bonds. The van der Waals surface area contributed by atoms with E-state index >= 15 is 0 Å². The van der Waals surface area contributed by atoms with Crippen LogP contribution in [0.4, 0.5) is 5.82 Å². The zero-order valence-corrected chi connectivity index (χ0v) is 11.4. The zero-order chi connectivity index (χ0) is 12.5. The van der Waals surface area contributed by atoms with Crippen molar-refractivity contribution in [2.45, 2.75) is 59.4 Å². The lowest BCUT2D eigenvalue weighted by Crippen LogP contribution is -2.32. The summed E-state index contributed by atoms with van der Waals surface area (Å²) in [4.78, 5) is 8.76. The predicted octanol–water partition coefficient (Wildman–Crippen LogP) is 3.47. The van der Waals surface area contributed by atoms with Gasteiger partial charge in [-0.05, 0) is 38.5 Å². The third-order valence-corrected chi connectivity index (χ3v) is 3.52. The summed E-state index contributed by atoms with van der Waals surface area (Å²) in [6.45, 7) is 8.68. The Labute approximate surface area is 104 Å². The van der Waals surface area contributed by atoms with Gasteiger partial charge in [0.15, 0.2) is 0 Å². The molecule has 0 spiro atoms. The molecule has 0 bridgehead atoms. The highest BCUT2D eigenvalue weighted by molar-refractivity contribution is 5.37. The van der Waals surface area contributed by atoms with Crippen LogP contribution in [0.1, 0.15) is 51.0 Å². The van der Waals surface area contributed by atoms with Crippen molar-refractivity contribution in [2.24, 2.45) is 5.41 Å². The molecule has 1 atom stereocenters. The van der Waals surface area contributed by atoms with Gasteiger partial charge < -0.3 is 5.32 Å². The predicted molar refractivity (Wildman–Crippen MR) is 71.2 cm³/mol. The number of aromatic nitrogens is 2. The fourth-order valence-electron chi connectivity index (χ4n) is 2.82. The lowest BCUT2D eigenvalue weighted by molar-refractivity contribution is 0.229. The second kappa shape index (κ2) is 4.63. The summed E-state index contributed by atoms with van der Waals surface area (Å²) < 4.78 is 0. The molecule has 1 aromatic heterocycles. The number of nitrogens with zero attached hydrogens (tertiary/aromatic N) is 2. The van der Waals surface area contributed by atoms with Crippen LogP contribution < -0.4 is 5.32 Å². The Hall–Kier alpha value is -1.12. The molecule has 2 rings (SSSR count). The molecule has 94 valence electrons. The summed E-state index contributed by atoms with van der Waals surface area (Å²) >= 11 is 0. The number of rotatable bonds is 2. The highest BCUT2D eigenvalue weighted by atomic mass is 15.0. The first-order valence-corrected chi connectivity index (χ1v) is 6.53. The van der Waals surface area contributed by atoms with Gasteiger partial charge in [-0.2, -0.15) is 0 Å². The first kappa shape index (κ1) is 12.3. The van der Waals surface area contributed by atoms with Gasteiger partial charge in [0, 0.05) is 17.8 Å². The Bertz CT molecular complexity index is 378. The molecule has 0 radical (unpaired) electrons. The monoisotopic (exact) mass is 233 g/mol.